The Balaban J connectivity index is 1.88. The first kappa shape index (κ1) is 13.3. The summed E-state index contributed by atoms with van der Waals surface area (Å²) in [5.74, 6) is -1.67. The molecule has 3 N–H and O–H groups in total. The Kier molecular flexibility index (Phi) is 3.99. The minimum absolute atomic E-state index is 0.00814. The van der Waals surface area contributed by atoms with Crippen LogP contribution in [0.3, 0.4) is 0 Å². The van der Waals surface area contributed by atoms with Crippen LogP contribution in [-0.2, 0) is 4.79 Å². The quantitative estimate of drug-likeness (QED) is 0.681. The molecular weight excluding hydrogens is 251 g/mol. The first-order chi connectivity index (χ1) is 9.09. The largest absolute Gasteiger partial charge is 0.478 e. The molecule has 1 aliphatic carbocycles. The van der Waals surface area contributed by atoms with Crippen molar-refractivity contribution in [2.45, 2.75) is 12.8 Å². The molecule has 1 fully saturated rings. The van der Waals surface area contributed by atoms with E-state index in [-0.39, 0.29) is 29.6 Å². The molecule has 0 aliphatic heterocycles. The second kappa shape index (κ2) is 5.69. The number of aromatic carboxylic acids is 1. The van der Waals surface area contributed by atoms with Gasteiger partial charge in [-0.15, -0.1) is 0 Å². The Morgan fingerprint density at radius 3 is 2.68 bits per heavy atom. The zero-order valence-corrected chi connectivity index (χ0v) is 10.3. The molecule has 0 radical (unpaired) electrons. The summed E-state index contributed by atoms with van der Waals surface area (Å²) in [5.41, 5.74) is -0.163. The molecule has 0 bridgehead atoms. The van der Waals surface area contributed by atoms with Gasteiger partial charge in [-0.1, -0.05) is 6.07 Å². The van der Waals surface area contributed by atoms with Gasteiger partial charge in [-0.25, -0.2) is 9.18 Å². The molecule has 1 aromatic carbocycles. The third-order valence-electron chi connectivity index (χ3n) is 2.92. The number of carbonyl (C=O) groups excluding carboxylic acids is 1. The predicted octanol–water partition coefficient (Wildman–Crippen LogP) is 1.46. The van der Waals surface area contributed by atoms with Crippen LogP contribution in [0, 0.1) is 11.7 Å². The van der Waals surface area contributed by atoms with Gasteiger partial charge in [0.2, 0.25) is 5.91 Å². The number of carboxylic acids is 1. The number of halogens is 1. The number of carbonyl (C=O) groups is 2. The van der Waals surface area contributed by atoms with Gasteiger partial charge in [-0.05, 0) is 25.0 Å². The highest BCUT2D eigenvalue weighted by molar-refractivity contribution is 5.94. The van der Waals surface area contributed by atoms with Crippen molar-refractivity contribution >= 4 is 17.6 Å². The summed E-state index contributed by atoms with van der Waals surface area (Å²) in [6.45, 7) is 0.613. The molecule has 1 saturated carbocycles. The molecule has 0 atom stereocenters. The minimum atomic E-state index is -1.19. The Morgan fingerprint density at radius 1 is 1.32 bits per heavy atom. The molecular formula is C13H15FN2O3. The number of hydrogen-bond acceptors (Lipinski definition) is 3. The Morgan fingerprint density at radius 2 is 2.05 bits per heavy atom. The number of anilines is 1. The second-order valence-corrected chi connectivity index (χ2v) is 4.46. The van der Waals surface area contributed by atoms with E-state index in [0.29, 0.717) is 6.54 Å². The first-order valence-corrected chi connectivity index (χ1v) is 6.13. The lowest BCUT2D eigenvalue weighted by Gasteiger charge is -2.11. The fourth-order valence-corrected chi connectivity index (χ4v) is 1.75. The van der Waals surface area contributed by atoms with Crippen molar-refractivity contribution in [1.82, 2.24) is 5.32 Å². The summed E-state index contributed by atoms with van der Waals surface area (Å²) in [6.07, 6.45) is 1.85. The molecule has 0 heterocycles. The predicted molar refractivity (Wildman–Crippen MR) is 67.6 cm³/mol. The molecule has 5 nitrogen and oxygen atoms in total. The van der Waals surface area contributed by atoms with Crippen LogP contribution < -0.4 is 10.6 Å². The van der Waals surface area contributed by atoms with Crippen molar-refractivity contribution < 1.29 is 19.1 Å². The van der Waals surface area contributed by atoms with Crippen LogP contribution in [0.4, 0.5) is 10.1 Å². The Labute approximate surface area is 109 Å². The van der Waals surface area contributed by atoms with Gasteiger partial charge in [-0.2, -0.15) is 0 Å². The highest BCUT2D eigenvalue weighted by Crippen LogP contribution is 2.28. The summed E-state index contributed by atoms with van der Waals surface area (Å²) in [7, 11) is 0. The van der Waals surface area contributed by atoms with Crippen molar-refractivity contribution in [2.75, 3.05) is 18.4 Å². The van der Waals surface area contributed by atoms with E-state index >= 15 is 0 Å². The van der Waals surface area contributed by atoms with E-state index < -0.39 is 11.8 Å². The van der Waals surface area contributed by atoms with Crippen molar-refractivity contribution in [3.8, 4) is 0 Å². The SMILES string of the molecule is O=C(O)c1cccc(F)c1NCCNC(=O)C1CC1. The van der Waals surface area contributed by atoms with Crippen molar-refractivity contribution in [3.63, 3.8) is 0 Å². The molecule has 2 rings (SSSR count). The van der Waals surface area contributed by atoms with Gasteiger partial charge >= 0.3 is 5.97 Å². The maximum Gasteiger partial charge on any atom is 0.337 e. The van der Waals surface area contributed by atoms with Crippen molar-refractivity contribution in [3.05, 3.63) is 29.6 Å². The van der Waals surface area contributed by atoms with E-state index in [9.17, 15) is 14.0 Å². The fourth-order valence-electron chi connectivity index (χ4n) is 1.75. The summed E-state index contributed by atoms with van der Waals surface area (Å²) in [4.78, 5) is 22.3. The van der Waals surface area contributed by atoms with Crippen LogP contribution in [0.25, 0.3) is 0 Å². The van der Waals surface area contributed by atoms with Gasteiger partial charge in [0, 0.05) is 19.0 Å². The standard InChI is InChI=1S/C13H15FN2O3/c14-10-3-1-2-9(13(18)19)11(10)15-6-7-16-12(17)8-4-5-8/h1-3,8,15H,4-7H2,(H,16,17)(H,18,19). The van der Waals surface area contributed by atoms with E-state index in [1.54, 1.807) is 0 Å². The smallest absolute Gasteiger partial charge is 0.337 e. The van der Waals surface area contributed by atoms with Crippen molar-refractivity contribution in [2.24, 2.45) is 5.92 Å². The average Bonchev–Trinajstić information content (AvgIpc) is 3.19. The van der Waals surface area contributed by atoms with Gasteiger partial charge < -0.3 is 15.7 Å². The van der Waals surface area contributed by atoms with Crippen LogP contribution in [0.2, 0.25) is 0 Å². The molecule has 1 aromatic rings. The molecule has 1 aliphatic rings. The number of amides is 1. The number of hydrogen-bond donors (Lipinski definition) is 3. The van der Waals surface area contributed by atoms with Gasteiger partial charge in [0.05, 0.1) is 11.3 Å². The van der Waals surface area contributed by atoms with Crippen LogP contribution in [-0.4, -0.2) is 30.1 Å². The number of rotatable bonds is 6. The lowest BCUT2D eigenvalue weighted by atomic mass is 10.1. The number of benzene rings is 1. The fraction of sp³-hybridized carbons (Fsp3) is 0.385. The van der Waals surface area contributed by atoms with Crippen LogP contribution in [0.1, 0.15) is 23.2 Å². The minimum Gasteiger partial charge on any atom is -0.478 e. The van der Waals surface area contributed by atoms with Gasteiger partial charge in [0.1, 0.15) is 5.82 Å². The monoisotopic (exact) mass is 266 g/mol. The highest BCUT2D eigenvalue weighted by Gasteiger charge is 2.29. The Hall–Kier alpha value is -2.11. The highest BCUT2D eigenvalue weighted by atomic mass is 19.1. The van der Waals surface area contributed by atoms with Gasteiger partial charge in [0.15, 0.2) is 0 Å². The van der Waals surface area contributed by atoms with E-state index in [4.69, 9.17) is 5.11 Å². The van der Waals surface area contributed by atoms with Crippen LogP contribution >= 0.6 is 0 Å². The molecule has 0 spiro atoms. The third kappa shape index (κ3) is 3.43. The number of carboxylic acid groups (broad SMARTS) is 1. The molecule has 19 heavy (non-hydrogen) atoms. The maximum atomic E-state index is 13.5. The molecule has 0 aromatic heterocycles. The van der Waals surface area contributed by atoms with E-state index in [1.807, 2.05) is 0 Å². The Bertz CT molecular complexity index is 501. The number of nitrogens with one attached hydrogen (secondary N) is 2. The normalized spacial score (nSPS) is 13.9. The summed E-state index contributed by atoms with van der Waals surface area (Å²) >= 11 is 0. The summed E-state index contributed by atoms with van der Waals surface area (Å²) in [6, 6.07) is 3.87. The maximum absolute atomic E-state index is 13.5. The second-order valence-electron chi connectivity index (χ2n) is 4.46. The lowest BCUT2D eigenvalue weighted by Crippen LogP contribution is -2.30. The zero-order chi connectivity index (χ0) is 13.8. The summed E-state index contributed by atoms with van der Waals surface area (Å²) in [5, 5.41) is 14.4. The summed E-state index contributed by atoms with van der Waals surface area (Å²) < 4.78 is 13.5. The van der Waals surface area contributed by atoms with Gasteiger partial charge in [-0.3, -0.25) is 4.79 Å². The van der Waals surface area contributed by atoms with Crippen LogP contribution in [0.15, 0.2) is 18.2 Å². The van der Waals surface area contributed by atoms with Gasteiger partial charge in [0.25, 0.3) is 0 Å². The first-order valence-electron chi connectivity index (χ1n) is 6.13. The molecule has 6 heteroatoms. The topological polar surface area (TPSA) is 78.4 Å². The van der Waals surface area contributed by atoms with E-state index in [2.05, 4.69) is 10.6 Å². The lowest BCUT2D eigenvalue weighted by molar-refractivity contribution is -0.122. The molecule has 0 unspecified atom stereocenters. The van der Waals surface area contributed by atoms with E-state index in [0.717, 1.165) is 12.8 Å². The molecule has 1 amide bonds. The van der Waals surface area contributed by atoms with E-state index in [1.165, 1.54) is 18.2 Å². The third-order valence-corrected chi connectivity index (χ3v) is 2.92. The number of para-hydroxylation sites is 1. The molecule has 0 saturated heterocycles. The van der Waals surface area contributed by atoms with Crippen LogP contribution in [0.5, 0.6) is 0 Å². The molecule has 102 valence electrons. The zero-order valence-electron chi connectivity index (χ0n) is 10.3. The van der Waals surface area contributed by atoms with Crippen molar-refractivity contribution in [1.29, 1.82) is 0 Å². The average molecular weight is 266 g/mol.